The predicted octanol–water partition coefficient (Wildman–Crippen LogP) is 7.15. The normalized spacial score (nSPS) is 13.8. The highest BCUT2D eigenvalue weighted by atomic mass is 31.2. The van der Waals surface area contributed by atoms with Gasteiger partial charge in [0.1, 0.15) is 12.7 Å². The molecule has 10 heteroatoms. The highest BCUT2D eigenvalue weighted by Crippen LogP contribution is 2.42. The fourth-order valence-electron chi connectivity index (χ4n) is 4.06. The lowest BCUT2D eigenvalue weighted by molar-refractivity contribution is -0.146. The number of esters is 1. The molecule has 0 aliphatic heterocycles. The standard InChI is InChI=1S/C30H58NO8P/c1-3-5-6-7-8-9-10-11-12-13-14-15-16-17-18-19-20-21-22-23-29(33)31-24-25-38-40(35,36)39-27-28(32)26-37-30(34)4-2/h11-12,28,32H,3-10,13-27H2,1-2H3,(H,31,33)(H,35,36)/b12-11+. The maximum atomic E-state index is 11.9. The van der Waals surface area contributed by atoms with Crippen LogP contribution >= 0.6 is 7.82 Å². The first-order valence-corrected chi connectivity index (χ1v) is 17.2. The molecule has 0 aromatic carbocycles. The Labute approximate surface area is 243 Å². The molecule has 0 saturated heterocycles. The number of phosphoric ester groups is 1. The molecule has 0 aliphatic carbocycles. The van der Waals surface area contributed by atoms with Gasteiger partial charge in [-0.3, -0.25) is 18.6 Å². The summed E-state index contributed by atoms with van der Waals surface area (Å²) in [5.41, 5.74) is 0. The van der Waals surface area contributed by atoms with E-state index in [2.05, 4.69) is 28.9 Å². The van der Waals surface area contributed by atoms with Crippen molar-refractivity contribution in [3.8, 4) is 0 Å². The summed E-state index contributed by atoms with van der Waals surface area (Å²) in [5.74, 6) is -0.608. The molecule has 3 N–H and O–H groups in total. The average molecular weight is 592 g/mol. The van der Waals surface area contributed by atoms with E-state index < -0.39 is 26.5 Å². The van der Waals surface area contributed by atoms with E-state index in [1.165, 1.54) is 89.9 Å². The van der Waals surface area contributed by atoms with E-state index in [-0.39, 0.29) is 32.1 Å². The molecule has 0 spiro atoms. The Morgan fingerprint density at radius 2 is 1.30 bits per heavy atom. The monoisotopic (exact) mass is 591 g/mol. The lowest BCUT2D eigenvalue weighted by atomic mass is 10.1. The quantitative estimate of drug-likeness (QED) is 0.0362. The van der Waals surface area contributed by atoms with Crippen molar-refractivity contribution in [3.63, 3.8) is 0 Å². The van der Waals surface area contributed by atoms with Crippen LogP contribution in [0.4, 0.5) is 0 Å². The number of aliphatic hydroxyl groups excluding tert-OH is 1. The summed E-state index contributed by atoms with van der Waals surface area (Å²) in [6.07, 6.45) is 25.3. The minimum Gasteiger partial charge on any atom is -0.463 e. The first kappa shape index (κ1) is 38.8. The maximum absolute atomic E-state index is 11.9. The Kier molecular flexibility index (Phi) is 27.0. The van der Waals surface area contributed by atoms with Gasteiger partial charge in [-0.05, 0) is 32.1 Å². The zero-order valence-corrected chi connectivity index (χ0v) is 26.2. The number of allylic oxidation sites excluding steroid dienone is 2. The summed E-state index contributed by atoms with van der Waals surface area (Å²) in [7, 11) is -4.37. The highest BCUT2D eigenvalue weighted by molar-refractivity contribution is 7.47. The molecular weight excluding hydrogens is 533 g/mol. The lowest BCUT2D eigenvalue weighted by Gasteiger charge is -2.15. The molecule has 9 nitrogen and oxygen atoms in total. The van der Waals surface area contributed by atoms with Gasteiger partial charge in [0.2, 0.25) is 5.91 Å². The van der Waals surface area contributed by atoms with Gasteiger partial charge >= 0.3 is 13.8 Å². The molecular formula is C30H58NO8P. The largest absolute Gasteiger partial charge is 0.472 e. The van der Waals surface area contributed by atoms with Crippen LogP contribution in [0.25, 0.3) is 0 Å². The van der Waals surface area contributed by atoms with Crippen molar-refractivity contribution in [1.82, 2.24) is 5.32 Å². The number of aliphatic hydroxyl groups is 1. The first-order valence-electron chi connectivity index (χ1n) is 15.7. The molecule has 0 rings (SSSR count). The Balaban J connectivity index is 3.47. The topological polar surface area (TPSA) is 131 Å². The molecule has 0 aromatic heterocycles. The predicted molar refractivity (Wildman–Crippen MR) is 160 cm³/mol. The molecule has 0 aromatic rings. The van der Waals surface area contributed by atoms with Crippen LogP contribution in [0.3, 0.4) is 0 Å². The number of phosphoric acid groups is 1. The SMILES string of the molecule is CCCCCCCC/C=C/CCCCCCCCCCCC(=O)NCCOP(=O)(O)OCC(O)COC(=O)CC. The van der Waals surface area contributed by atoms with Gasteiger partial charge in [-0.15, -0.1) is 0 Å². The number of hydrogen-bond acceptors (Lipinski definition) is 7. The molecule has 1 amide bonds. The third kappa shape index (κ3) is 28.3. The lowest BCUT2D eigenvalue weighted by Crippen LogP contribution is -2.27. The number of amides is 1. The Hall–Kier alpha value is -1.25. The Bertz CT molecular complexity index is 689. The number of unbranched alkanes of at least 4 members (excludes halogenated alkanes) is 15. The summed E-state index contributed by atoms with van der Waals surface area (Å²) >= 11 is 0. The van der Waals surface area contributed by atoms with Crippen molar-refractivity contribution < 1.29 is 37.9 Å². The Morgan fingerprint density at radius 3 is 1.85 bits per heavy atom. The molecule has 0 saturated carbocycles. The van der Waals surface area contributed by atoms with Gasteiger partial charge in [0.05, 0.1) is 13.2 Å². The number of hydrogen-bond donors (Lipinski definition) is 3. The number of nitrogens with one attached hydrogen (secondary N) is 1. The Morgan fingerprint density at radius 1 is 0.775 bits per heavy atom. The number of carbonyl (C=O) groups excluding carboxylic acids is 2. The third-order valence-electron chi connectivity index (χ3n) is 6.50. The van der Waals surface area contributed by atoms with Gasteiger partial charge in [0.15, 0.2) is 0 Å². The van der Waals surface area contributed by atoms with E-state index in [4.69, 9.17) is 9.26 Å². The summed E-state index contributed by atoms with van der Waals surface area (Å²) < 4.78 is 26.0. The van der Waals surface area contributed by atoms with Crippen LogP contribution in [0.15, 0.2) is 12.2 Å². The molecule has 0 radical (unpaired) electrons. The van der Waals surface area contributed by atoms with Crippen LogP contribution in [0.1, 0.15) is 136 Å². The van der Waals surface area contributed by atoms with E-state index in [0.717, 1.165) is 19.3 Å². The van der Waals surface area contributed by atoms with E-state index in [0.29, 0.717) is 6.42 Å². The van der Waals surface area contributed by atoms with E-state index >= 15 is 0 Å². The van der Waals surface area contributed by atoms with Crippen molar-refractivity contribution >= 4 is 19.7 Å². The molecule has 236 valence electrons. The van der Waals surface area contributed by atoms with Crippen LogP contribution < -0.4 is 5.32 Å². The second-order valence-electron chi connectivity index (χ2n) is 10.4. The van der Waals surface area contributed by atoms with Gasteiger partial charge in [-0.25, -0.2) is 4.57 Å². The van der Waals surface area contributed by atoms with Gasteiger partial charge in [0.25, 0.3) is 0 Å². The number of ether oxygens (including phenoxy) is 1. The van der Waals surface area contributed by atoms with Gasteiger partial charge in [-0.2, -0.15) is 0 Å². The van der Waals surface area contributed by atoms with Crippen molar-refractivity contribution in [1.29, 1.82) is 0 Å². The highest BCUT2D eigenvalue weighted by Gasteiger charge is 2.23. The van der Waals surface area contributed by atoms with Crippen LogP contribution in [-0.2, 0) is 27.9 Å². The average Bonchev–Trinajstić information content (AvgIpc) is 2.94. The minimum atomic E-state index is -4.37. The first-order chi connectivity index (χ1) is 19.3. The molecule has 40 heavy (non-hydrogen) atoms. The van der Waals surface area contributed by atoms with Gasteiger partial charge in [0, 0.05) is 19.4 Å². The van der Waals surface area contributed by atoms with E-state index in [1.807, 2.05) is 0 Å². The van der Waals surface area contributed by atoms with Crippen LogP contribution in [-0.4, -0.2) is 54.3 Å². The van der Waals surface area contributed by atoms with Gasteiger partial charge < -0.3 is 20.1 Å². The number of rotatable bonds is 29. The molecule has 0 fully saturated rings. The van der Waals surface area contributed by atoms with Crippen LogP contribution in [0.5, 0.6) is 0 Å². The smallest absolute Gasteiger partial charge is 0.463 e. The molecule has 2 atom stereocenters. The maximum Gasteiger partial charge on any atom is 0.472 e. The second kappa shape index (κ2) is 27.9. The van der Waals surface area contributed by atoms with Crippen molar-refractivity contribution in [2.75, 3.05) is 26.4 Å². The third-order valence-corrected chi connectivity index (χ3v) is 7.48. The zero-order chi connectivity index (χ0) is 29.7. The summed E-state index contributed by atoms with van der Waals surface area (Å²) in [5, 5.41) is 12.3. The van der Waals surface area contributed by atoms with Crippen molar-refractivity contribution in [3.05, 3.63) is 12.2 Å². The summed E-state index contributed by atoms with van der Waals surface area (Å²) in [6.45, 7) is 2.90. The number of carbonyl (C=O) groups is 2. The van der Waals surface area contributed by atoms with E-state index in [9.17, 15) is 24.2 Å². The molecule has 0 heterocycles. The van der Waals surface area contributed by atoms with Crippen molar-refractivity contribution in [2.45, 2.75) is 142 Å². The molecule has 0 aliphatic rings. The van der Waals surface area contributed by atoms with Crippen LogP contribution in [0, 0.1) is 0 Å². The zero-order valence-electron chi connectivity index (χ0n) is 25.3. The van der Waals surface area contributed by atoms with Gasteiger partial charge in [-0.1, -0.05) is 103 Å². The molecule has 2 unspecified atom stereocenters. The summed E-state index contributed by atoms with van der Waals surface area (Å²) in [4.78, 5) is 32.5. The summed E-state index contributed by atoms with van der Waals surface area (Å²) in [6, 6.07) is 0. The fraction of sp³-hybridized carbons (Fsp3) is 0.867. The fourth-order valence-corrected chi connectivity index (χ4v) is 4.82. The van der Waals surface area contributed by atoms with Crippen LogP contribution in [0.2, 0.25) is 0 Å². The van der Waals surface area contributed by atoms with E-state index in [1.54, 1.807) is 6.92 Å². The molecule has 0 bridgehead atoms. The second-order valence-corrected chi connectivity index (χ2v) is 11.8. The minimum absolute atomic E-state index is 0.0817. The van der Waals surface area contributed by atoms with Crippen molar-refractivity contribution in [2.24, 2.45) is 0 Å².